The summed E-state index contributed by atoms with van der Waals surface area (Å²) in [6.07, 6.45) is 1.54. The van der Waals surface area contributed by atoms with E-state index < -0.39 is 57.7 Å². The van der Waals surface area contributed by atoms with Crippen molar-refractivity contribution in [2.45, 2.75) is 105 Å². The van der Waals surface area contributed by atoms with Crippen molar-refractivity contribution in [2.75, 3.05) is 6.54 Å². The Morgan fingerprint density at radius 3 is 2.20 bits per heavy atom. The van der Waals surface area contributed by atoms with Gasteiger partial charge in [0.1, 0.15) is 18.2 Å². The van der Waals surface area contributed by atoms with Gasteiger partial charge < -0.3 is 4.90 Å². The highest BCUT2D eigenvalue weighted by molar-refractivity contribution is 6.04. The van der Waals surface area contributed by atoms with Crippen molar-refractivity contribution in [1.82, 2.24) is 4.90 Å². The van der Waals surface area contributed by atoms with Crippen LogP contribution in [0.4, 0.5) is 13.2 Å². The number of Topliss-reactive ketones (excluding diaryl/α,β-unsaturated/α-hetero) is 2. The zero-order valence-electron chi connectivity index (χ0n) is 24.5. The fraction of sp³-hybridized carbons (Fsp3) is 0.812. The van der Waals surface area contributed by atoms with Crippen LogP contribution in [0.5, 0.6) is 0 Å². The van der Waals surface area contributed by atoms with Gasteiger partial charge in [-0.1, -0.05) is 47.6 Å². The third-order valence-electron chi connectivity index (χ3n) is 13.2. The molecule has 5 nitrogen and oxygen atoms in total. The Hall–Kier alpha value is -2.17. The van der Waals surface area contributed by atoms with E-state index in [1.807, 2.05) is 13.8 Å². The van der Waals surface area contributed by atoms with Gasteiger partial charge in [-0.05, 0) is 78.9 Å². The van der Waals surface area contributed by atoms with E-state index in [9.17, 15) is 32.8 Å². The third kappa shape index (κ3) is 3.13. The van der Waals surface area contributed by atoms with Gasteiger partial charge in [0.2, 0.25) is 5.91 Å². The number of ketones is 2. The molecule has 1 saturated heterocycles. The summed E-state index contributed by atoms with van der Waals surface area (Å²) in [5.41, 5.74) is -4.35. The molecule has 2 bridgehead atoms. The number of likely N-dealkylation sites (tertiary alicyclic amines) is 1. The molecule has 8 atom stereocenters. The maximum Gasteiger partial charge on any atom is 0.406 e. The number of amides is 1. The smallest absolute Gasteiger partial charge is 0.320 e. The van der Waals surface area contributed by atoms with Crippen LogP contribution in [-0.4, -0.2) is 40.6 Å². The van der Waals surface area contributed by atoms with Crippen LogP contribution in [0, 0.1) is 62.1 Å². The SMILES string of the molecule is CC1(C)CC[C@@]23CCC4[C@@](C(=O)C[C@H]5[C@]6(C)C=C(C#N)C(=O)C(C)(C)[C@H]6CC[C@]45C)(C2C1)N(CC(F)(F)F)C3=O. The summed E-state index contributed by atoms with van der Waals surface area (Å²) in [6, 6.07) is 2.10. The normalized spacial score (nSPS) is 47.0. The number of alkyl halides is 3. The number of halogens is 3. The Balaban J connectivity index is 1.55. The van der Waals surface area contributed by atoms with Gasteiger partial charge in [-0.2, -0.15) is 18.4 Å². The Labute approximate surface area is 234 Å². The van der Waals surface area contributed by atoms with Gasteiger partial charge in [-0.25, -0.2) is 0 Å². The molecule has 4 saturated carbocycles. The van der Waals surface area contributed by atoms with Gasteiger partial charge >= 0.3 is 6.18 Å². The monoisotopic (exact) mass is 558 g/mol. The topological polar surface area (TPSA) is 78.2 Å². The molecule has 0 radical (unpaired) electrons. The quantitative estimate of drug-likeness (QED) is 0.372. The molecular weight excluding hydrogens is 517 g/mol. The zero-order valence-corrected chi connectivity index (χ0v) is 24.5. The molecule has 1 heterocycles. The van der Waals surface area contributed by atoms with Crippen LogP contribution >= 0.6 is 0 Å². The van der Waals surface area contributed by atoms with Gasteiger partial charge in [0.05, 0.1) is 11.0 Å². The fourth-order valence-electron chi connectivity index (χ4n) is 11.7. The Bertz CT molecular complexity index is 1290. The average molecular weight is 559 g/mol. The van der Waals surface area contributed by atoms with Crippen LogP contribution in [-0.2, 0) is 14.4 Å². The van der Waals surface area contributed by atoms with Crippen LogP contribution < -0.4 is 0 Å². The number of allylic oxidation sites excluding steroid dienone is 2. The molecule has 1 aliphatic heterocycles. The van der Waals surface area contributed by atoms with Crippen molar-refractivity contribution in [1.29, 1.82) is 5.26 Å². The first kappa shape index (κ1) is 28.0. The molecule has 8 heteroatoms. The Morgan fingerprint density at radius 2 is 1.57 bits per heavy atom. The Kier molecular flexibility index (Phi) is 5.46. The molecule has 0 aromatic carbocycles. The molecule has 6 rings (SSSR count). The molecule has 0 N–H and O–H groups in total. The first-order chi connectivity index (χ1) is 18.3. The minimum absolute atomic E-state index is 0.0636. The second-order valence-electron chi connectivity index (χ2n) is 15.9. The summed E-state index contributed by atoms with van der Waals surface area (Å²) < 4.78 is 42.6. The zero-order chi connectivity index (χ0) is 29.5. The van der Waals surface area contributed by atoms with Crippen LogP contribution in [0.3, 0.4) is 0 Å². The summed E-state index contributed by atoms with van der Waals surface area (Å²) in [4.78, 5) is 43.2. The predicted octanol–water partition coefficient (Wildman–Crippen LogP) is 6.42. The van der Waals surface area contributed by atoms with Crippen molar-refractivity contribution in [3.63, 3.8) is 0 Å². The highest BCUT2D eigenvalue weighted by Gasteiger charge is 2.80. The van der Waals surface area contributed by atoms with E-state index in [0.29, 0.717) is 38.5 Å². The maximum absolute atomic E-state index is 14.8. The summed E-state index contributed by atoms with van der Waals surface area (Å²) >= 11 is 0. The first-order valence-electron chi connectivity index (χ1n) is 14.9. The molecular formula is C32H41F3N2O3. The van der Waals surface area contributed by atoms with Crippen molar-refractivity contribution in [2.24, 2.45) is 50.7 Å². The number of fused-ring (bicyclic) bond motifs is 4. The molecule has 6 aliphatic rings. The third-order valence-corrected chi connectivity index (χ3v) is 13.2. The predicted molar refractivity (Wildman–Crippen MR) is 141 cm³/mol. The number of rotatable bonds is 1. The fourth-order valence-corrected chi connectivity index (χ4v) is 11.7. The van der Waals surface area contributed by atoms with E-state index in [0.717, 1.165) is 11.3 Å². The van der Waals surface area contributed by atoms with Crippen LogP contribution in [0.25, 0.3) is 0 Å². The van der Waals surface area contributed by atoms with Gasteiger partial charge in [0.15, 0.2) is 11.6 Å². The lowest BCUT2D eigenvalue weighted by Gasteiger charge is -2.69. The van der Waals surface area contributed by atoms with E-state index in [-0.39, 0.29) is 40.8 Å². The molecule has 1 amide bonds. The Morgan fingerprint density at radius 1 is 0.925 bits per heavy atom. The van der Waals surface area contributed by atoms with Crippen LogP contribution in [0.2, 0.25) is 0 Å². The minimum atomic E-state index is -4.61. The maximum atomic E-state index is 14.8. The summed E-state index contributed by atoms with van der Waals surface area (Å²) in [5.74, 6) is -2.01. The lowest BCUT2D eigenvalue weighted by molar-refractivity contribution is -0.211. The summed E-state index contributed by atoms with van der Waals surface area (Å²) in [5, 5.41) is 9.88. The van der Waals surface area contributed by atoms with Gasteiger partial charge in [-0.3, -0.25) is 14.4 Å². The molecule has 40 heavy (non-hydrogen) atoms. The number of carbonyl (C=O) groups is 3. The molecule has 5 fully saturated rings. The number of hydrogen-bond donors (Lipinski definition) is 0. The first-order valence-corrected chi connectivity index (χ1v) is 14.9. The van der Waals surface area contributed by atoms with Crippen molar-refractivity contribution < 1.29 is 27.6 Å². The van der Waals surface area contributed by atoms with Gasteiger partial charge in [0, 0.05) is 17.8 Å². The van der Waals surface area contributed by atoms with Crippen molar-refractivity contribution >= 4 is 17.5 Å². The molecule has 218 valence electrons. The van der Waals surface area contributed by atoms with Crippen LogP contribution in [0.15, 0.2) is 11.6 Å². The van der Waals surface area contributed by atoms with E-state index in [4.69, 9.17) is 0 Å². The van der Waals surface area contributed by atoms with Crippen LogP contribution in [0.1, 0.15) is 92.9 Å². The molecule has 0 aromatic rings. The number of nitrogens with zero attached hydrogens (tertiary/aromatic N) is 2. The lowest BCUT2D eigenvalue weighted by atomic mass is 9.34. The standard InChI is InChI=1S/C32H41F3N2O3/c1-26(2)11-12-30-10-8-20-28(5)9-7-19-27(3,4)24(39)18(16-36)14-29(19,6)21(28)13-23(38)32(20,22(30)15-26)37(25(30)40)17-31(33,34)35/h14,19-22H,7-13,15,17H2,1-6H3/t19-,20?,21-,22?,28-,29-,30+,32+/m1/s1. The van der Waals surface area contributed by atoms with Crippen molar-refractivity contribution in [3.05, 3.63) is 11.6 Å². The number of nitriles is 1. The summed E-state index contributed by atoms with van der Waals surface area (Å²) in [6.45, 7) is 10.8. The number of hydrogen-bond acceptors (Lipinski definition) is 4. The second kappa shape index (κ2) is 7.81. The largest absolute Gasteiger partial charge is 0.406 e. The van der Waals surface area contributed by atoms with E-state index in [1.165, 1.54) is 0 Å². The minimum Gasteiger partial charge on any atom is -0.320 e. The molecule has 0 aromatic heterocycles. The highest BCUT2D eigenvalue weighted by atomic mass is 19.4. The van der Waals surface area contributed by atoms with Gasteiger partial charge in [-0.15, -0.1) is 0 Å². The average Bonchev–Trinajstić information content (AvgIpc) is 2.95. The molecule has 1 spiro atoms. The number of carbonyl (C=O) groups excluding carboxylic acids is 3. The highest BCUT2D eigenvalue weighted by Crippen LogP contribution is 2.76. The second-order valence-corrected chi connectivity index (χ2v) is 15.9. The lowest BCUT2D eigenvalue weighted by Crippen LogP contribution is -2.73. The van der Waals surface area contributed by atoms with E-state index >= 15 is 0 Å². The van der Waals surface area contributed by atoms with Gasteiger partial charge in [0.25, 0.3) is 0 Å². The van der Waals surface area contributed by atoms with Crippen molar-refractivity contribution in [3.8, 4) is 6.07 Å². The van der Waals surface area contributed by atoms with E-state index in [1.54, 1.807) is 6.08 Å². The summed E-state index contributed by atoms with van der Waals surface area (Å²) in [7, 11) is 0. The van der Waals surface area contributed by atoms with E-state index in [2.05, 4.69) is 33.8 Å². The molecule has 2 unspecified atom stereocenters. The molecule has 5 aliphatic carbocycles.